The molecule has 0 atom stereocenters. The number of benzene rings is 2. The summed E-state index contributed by atoms with van der Waals surface area (Å²) >= 11 is 0. The van der Waals surface area contributed by atoms with Gasteiger partial charge in [0.15, 0.2) is 11.3 Å². The molecule has 1 aliphatic carbocycles. The first-order chi connectivity index (χ1) is 17.2. The standard InChI is InChI=1S/C29H30N4O2Si/c1-29(2,3)36(4,5)35-33-25-13-10-21-16-22(11-12-23(21)25)32-27-24-14-15-31-18-26(24)34-28(27)20-8-6-19(17-30)7-9-20/h6-9,11-12,14-16,18,32H,10,13H2,1-5H3/b33-25-. The number of oxime groups is 1. The van der Waals surface area contributed by atoms with Crippen LogP contribution in [0.3, 0.4) is 0 Å². The van der Waals surface area contributed by atoms with E-state index in [-0.39, 0.29) is 5.04 Å². The van der Waals surface area contributed by atoms with E-state index >= 15 is 0 Å². The first-order valence-corrected chi connectivity index (χ1v) is 15.1. The van der Waals surface area contributed by atoms with Crippen molar-refractivity contribution in [3.05, 3.63) is 77.6 Å². The number of nitrogens with one attached hydrogen (secondary N) is 1. The highest BCUT2D eigenvalue weighted by atomic mass is 28.4. The van der Waals surface area contributed by atoms with Crippen molar-refractivity contribution < 1.29 is 8.94 Å². The van der Waals surface area contributed by atoms with Crippen molar-refractivity contribution in [2.75, 3.05) is 5.32 Å². The number of pyridine rings is 1. The minimum atomic E-state index is -1.95. The number of aromatic nitrogens is 1. The Labute approximate surface area is 212 Å². The third-order valence-corrected chi connectivity index (χ3v) is 11.4. The Balaban J connectivity index is 1.46. The van der Waals surface area contributed by atoms with Gasteiger partial charge in [-0.2, -0.15) is 5.26 Å². The van der Waals surface area contributed by atoms with Gasteiger partial charge in [0.25, 0.3) is 8.32 Å². The lowest BCUT2D eigenvalue weighted by atomic mass is 10.1. The van der Waals surface area contributed by atoms with Crippen LogP contribution in [-0.4, -0.2) is 19.0 Å². The fourth-order valence-electron chi connectivity index (χ4n) is 4.07. The van der Waals surface area contributed by atoms with E-state index in [2.05, 4.69) is 73.6 Å². The molecule has 0 fully saturated rings. The molecule has 6 nitrogen and oxygen atoms in total. The van der Waals surface area contributed by atoms with Gasteiger partial charge in [-0.1, -0.05) is 26.8 Å². The van der Waals surface area contributed by atoms with Crippen molar-refractivity contribution in [2.24, 2.45) is 5.16 Å². The summed E-state index contributed by atoms with van der Waals surface area (Å²) in [5, 5.41) is 18.4. The molecule has 2 aromatic carbocycles. The normalized spacial score (nSPS) is 14.6. The van der Waals surface area contributed by atoms with Gasteiger partial charge in [-0.05, 0) is 79.0 Å². The molecule has 2 heterocycles. The van der Waals surface area contributed by atoms with E-state index in [4.69, 9.17) is 14.2 Å². The molecule has 7 heteroatoms. The van der Waals surface area contributed by atoms with Gasteiger partial charge in [-0.3, -0.25) is 4.98 Å². The van der Waals surface area contributed by atoms with E-state index < -0.39 is 8.32 Å². The lowest BCUT2D eigenvalue weighted by Gasteiger charge is -2.33. The molecule has 0 spiro atoms. The monoisotopic (exact) mass is 494 g/mol. The molecule has 0 aliphatic heterocycles. The minimum Gasteiger partial charge on any atom is -0.455 e. The molecule has 182 valence electrons. The number of fused-ring (bicyclic) bond motifs is 2. The highest BCUT2D eigenvalue weighted by Crippen LogP contribution is 2.40. The Hall–Kier alpha value is -3.89. The van der Waals surface area contributed by atoms with E-state index in [1.165, 1.54) is 5.56 Å². The number of nitriles is 1. The number of aryl methyl sites for hydroxylation is 1. The molecule has 0 unspecified atom stereocenters. The number of nitrogens with zero attached hydrogens (tertiary/aromatic N) is 3. The van der Waals surface area contributed by atoms with Crippen molar-refractivity contribution in [1.29, 1.82) is 5.26 Å². The Kier molecular flexibility index (Phi) is 5.93. The summed E-state index contributed by atoms with van der Waals surface area (Å²) in [6.07, 6.45) is 5.30. The van der Waals surface area contributed by atoms with E-state index in [1.807, 2.05) is 18.2 Å². The summed E-state index contributed by atoms with van der Waals surface area (Å²) in [7, 11) is -1.95. The van der Waals surface area contributed by atoms with Gasteiger partial charge in [-0.25, -0.2) is 0 Å². The van der Waals surface area contributed by atoms with Crippen LogP contribution in [0.15, 0.2) is 70.5 Å². The Bertz CT molecular complexity index is 1510. The largest absolute Gasteiger partial charge is 0.455 e. The second-order valence-corrected chi connectivity index (χ2v) is 15.5. The van der Waals surface area contributed by atoms with Crippen molar-refractivity contribution in [3.8, 4) is 17.4 Å². The predicted octanol–water partition coefficient (Wildman–Crippen LogP) is 7.78. The molecule has 1 N–H and O–H groups in total. The molecule has 36 heavy (non-hydrogen) atoms. The first-order valence-electron chi connectivity index (χ1n) is 12.2. The average Bonchev–Trinajstić information content (AvgIpc) is 3.43. The van der Waals surface area contributed by atoms with E-state index in [0.29, 0.717) is 16.9 Å². The number of hydrogen-bond acceptors (Lipinski definition) is 6. The summed E-state index contributed by atoms with van der Waals surface area (Å²) < 4.78 is 12.3. The molecule has 2 aromatic heterocycles. The van der Waals surface area contributed by atoms with Gasteiger partial charge in [0, 0.05) is 28.4 Å². The van der Waals surface area contributed by atoms with Crippen LogP contribution in [0.4, 0.5) is 11.4 Å². The molecular weight excluding hydrogens is 464 g/mol. The highest BCUT2D eigenvalue weighted by Gasteiger charge is 2.40. The van der Waals surface area contributed by atoms with E-state index in [0.717, 1.165) is 46.4 Å². The van der Waals surface area contributed by atoms with Gasteiger partial charge < -0.3 is 14.3 Å². The smallest absolute Gasteiger partial charge is 0.286 e. The maximum Gasteiger partial charge on any atom is 0.286 e. The predicted molar refractivity (Wildman–Crippen MR) is 147 cm³/mol. The van der Waals surface area contributed by atoms with Crippen LogP contribution in [-0.2, 0) is 10.9 Å². The third kappa shape index (κ3) is 4.40. The molecule has 0 saturated heterocycles. The fraction of sp³-hybridized carbons (Fsp3) is 0.276. The van der Waals surface area contributed by atoms with Crippen LogP contribution in [0.2, 0.25) is 18.1 Å². The lowest BCUT2D eigenvalue weighted by Crippen LogP contribution is -2.39. The third-order valence-electron chi connectivity index (χ3n) is 7.28. The van der Waals surface area contributed by atoms with Crippen LogP contribution in [0.25, 0.3) is 22.3 Å². The number of rotatable bonds is 5. The van der Waals surface area contributed by atoms with Crippen LogP contribution in [0, 0.1) is 11.3 Å². The zero-order valence-electron chi connectivity index (χ0n) is 21.3. The topological polar surface area (TPSA) is 83.4 Å². The van der Waals surface area contributed by atoms with Gasteiger partial charge in [-0.15, -0.1) is 5.16 Å². The maximum absolute atomic E-state index is 9.16. The molecule has 0 amide bonds. The van der Waals surface area contributed by atoms with Crippen molar-refractivity contribution in [1.82, 2.24) is 4.98 Å². The second kappa shape index (κ2) is 8.96. The van der Waals surface area contributed by atoms with Crippen molar-refractivity contribution in [3.63, 3.8) is 0 Å². The average molecular weight is 495 g/mol. The Morgan fingerprint density at radius 3 is 2.58 bits per heavy atom. The first kappa shape index (κ1) is 23.8. The van der Waals surface area contributed by atoms with Crippen molar-refractivity contribution >= 4 is 36.4 Å². The zero-order valence-corrected chi connectivity index (χ0v) is 22.3. The fourth-order valence-corrected chi connectivity index (χ4v) is 4.68. The van der Waals surface area contributed by atoms with E-state index in [1.54, 1.807) is 24.5 Å². The van der Waals surface area contributed by atoms with Crippen LogP contribution < -0.4 is 5.32 Å². The van der Waals surface area contributed by atoms with Crippen LogP contribution in [0.1, 0.15) is 43.9 Å². The molecule has 5 rings (SSSR count). The Morgan fingerprint density at radius 1 is 1.08 bits per heavy atom. The summed E-state index contributed by atoms with van der Waals surface area (Å²) in [6.45, 7) is 11.1. The van der Waals surface area contributed by atoms with E-state index in [9.17, 15) is 0 Å². The number of furan rings is 1. The lowest BCUT2D eigenvalue weighted by molar-refractivity contribution is 0.307. The van der Waals surface area contributed by atoms with Gasteiger partial charge in [0.1, 0.15) is 0 Å². The molecule has 0 saturated carbocycles. The molecule has 1 aliphatic rings. The quantitative estimate of drug-likeness (QED) is 0.226. The molecular formula is C29H30N4O2Si. The van der Waals surface area contributed by atoms with Crippen LogP contribution in [0.5, 0.6) is 0 Å². The van der Waals surface area contributed by atoms with Gasteiger partial charge in [0.2, 0.25) is 0 Å². The summed E-state index contributed by atoms with van der Waals surface area (Å²) in [6, 6.07) is 17.9. The van der Waals surface area contributed by atoms with Gasteiger partial charge in [0.05, 0.1) is 29.2 Å². The van der Waals surface area contributed by atoms with Crippen molar-refractivity contribution in [2.45, 2.75) is 51.7 Å². The van der Waals surface area contributed by atoms with Gasteiger partial charge >= 0.3 is 0 Å². The molecule has 4 aromatic rings. The highest BCUT2D eigenvalue weighted by molar-refractivity contribution is 6.74. The number of anilines is 2. The summed E-state index contributed by atoms with van der Waals surface area (Å²) in [5.41, 5.74) is 7.52. The maximum atomic E-state index is 9.16. The zero-order chi connectivity index (χ0) is 25.5. The molecule has 0 radical (unpaired) electrons. The molecule has 0 bridgehead atoms. The SMILES string of the molecule is CC(C)(C)[Si](C)(C)O/N=C1/CCc2cc(Nc3c(-c4ccc(C#N)cc4)oc4cnccc34)ccc21. The number of hydrogen-bond donors (Lipinski definition) is 1. The summed E-state index contributed by atoms with van der Waals surface area (Å²) in [5.74, 6) is 0.716. The van der Waals surface area contributed by atoms with Crippen LogP contribution >= 0.6 is 0 Å². The Morgan fingerprint density at radius 2 is 1.86 bits per heavy atom. The minimum absolute atomic E-state index is 0.113. The second-order valence-electron chi connectivity index (χ2n) is 10.8. The summed E-state index contributed by atoms with van der Waals surface area (Å²) in [4.78, 5) is 4.21.